The van der Waals surface area contributed by atoms with Gasteiger partial charge in [0.1, 0.15) is 24.7 Å². The minimum atomic E-state index is 0.429. The summed E-state index contributed by atoms with van der Waals surface area (Å²) in [7, 11) is 0. The molecule has 0 unspecified atom stereocenters. The van der Waals surface area contributed by atoms with Crippen molar-refractivity contribution in [3.63, 3.8) is 0 Å². The summed E-state index contributed by atoms with van der Waals surface area (Å²) < 4.78 is 11.1. The molecule has 2 aromatic carbocycles. The maximum atomic E-state index is 5.99. The molecule has 0 aromatic heterocycles. The molecule has 0 aliphatic heterocycles. The van der Waals surface area contributed by atoms with Crippen molar-refractivity contribution in [3.8, 4) is 11.5 Å². The van der Waals surface area contributed by atoms with Crippen molar-refractivity contribution in [1.29, 1.82) is 0 Å². The number of benzene rings is 2. The number of nitrogens with two attached hydrogens (primary N) is 1. The smallest absolute Gasteiger partial charge is 0.138 e. The second-order valence-corrected chi connectivity index (χ2v) is 5.35. The molecule has 0 fully saturated rings. The average Bonchev–Trinajstić information content (AvgIpc) is 2.46. The molecule has 0 heterocycles. The second kappa shape index (κ2) is 7.86. The molecule has 2 N–H and O–H groups in total. The number of ether oxygens (including phenoxy) is 2. The van der Waals surface area contributed by atoms with E-state index in [0.29, 0.717) is 35.4 Å². The Hall–Kier alpha value is -1.78. The Labute approximate surface area is 134 Å². The van der Waals surface area contributed by atoms with Crippen LogP contribution in [0.2, 0.25) is 5.02 Å². The third kappa shape index (κ3) is 5.25. The van der Waals surface area contributed by atoms with Gasteiger partial charge in [-0.2, -0.15) is 0 Å². The van der Waals surface area contributed by atoms with Crippen LogP contribution in [-0.2, 0) is 6.42 Å². The van der Waals surface area contributed by atoms with Gasteiger partial charge in [0.25, 0.3) is 0 Å². The molecule has 5 heteroatoms. The molecule has 0 aliphatic carbocycles. The van der Waals surface area contributed by atoms with Crippen LogP contribution in [-0.4, -0.2) is 18.2 Å². The Balaban J connectivity index is 1.76. The zero-order valence-electron chi connectivity index (χ0n) is 11.4. The van der Waals surface area contributed by atoms with Gasteiger partial charge in [0.05, 0.1) is 10.0 Å². The molecule has 0 saturated carbocycles. The highest BCUT2D eigenvalue weighted by Gasteiger charge is 2.00. The molecule has 0 spiro atoms. The minimum absolute atomic E-state index is 0.429. The van der Waals surface area contributed by atoms with Gasteiger partial charge in [-0.3, -0.25) is 0 Å². The number of rotatable bonds is 7. The van der Waals surface area contributed by atoms with E-state index in [-0.39, 0.29) is 0 Å². The summed E-state index contributed by atoms with van der Waals surface area (Å²) in [6, 6.07) is 15.0. The van der Waals surface area contributed by atoms with Gasteiger partial charge in [-0.15, -0.1) is 0 Å². The largest absolute Gasteiger partial charge is 0.490 e. The highest BCUT2D eigenvalue weighted by atomic mass is 35.5. The molecule has 0 aliphatic rings. The molecule has 110 valence electrons. The summed E-state index contributed by atoms with van der Waals surface area (Å²) in [4.78, 5) is 0.483. The molecule has 0 atom stereocenters. The number of hydrogen-bond acceptors (Lipinski definition) is 3. The summed E-state index contributed by atoms with van der Waals surface area (Å²) in [5.74, 6) is 1.44. The molecule has 0 saturated heterocycles. The van der Waals surface area contributed by atoms with Gasteiger partial charge in [0.2, 0.25) is 0 Å². The van der Waals surface area contributed by atoms with Crippen LogP contribution >= 0.6 is 23.8 Å². The second-order valence-electron chi connectivity index (χ2n) is 4.41. The Bertz CT molecular complexity index is 601. The van der Waals surface area contributed by atoms with E-state index < -0.39 is 0 Å². The molecule has 0 amide bonds. The van der Waals surface area contributed by atoms with Gasteiger partial charge < -0.3 is 15.2 Å². The number of hydrogen-bond donors (Lipinski definition) is 1. The maximum absolute atomic E-state index is 5.99. The Kier molecular flexibility index (Phi) is 5.84. The van der Waals surface area contributed by atoms with Crippen LogP contribution in [0, 0.1) is 0 Å². The van der Waals surface area contributed by atoms with Crippen LogP contribution in [0.15, 0.2) is 48.5 Å². The van der Waals surface area contributed by atoms with Crippen molar-refractivity contribution in [1.82, 2.24) is 0 Å². The zero-order valence-corrected chi connectivity index (χ0v) is 13.0. The van der Waals surface area contributed by atoms with Gasteiger partial charge >= 0.3 is 0 Å². The van der Waals surface area contributed by atoms with Crippen LogP contribution < -0.4 is 15.2 Å². The normalized spacial score (nSPS) is 10.1. The fourth-order valence-corrected chi connectivity index (χ4v) is 2.13. The van der Waals surface area contributed by atoms with Crippen LogP contribution in [0.5, 0.6) is 11.5 Å². The van der Waals surface area contributed by atoms with Crippen LogP contribution in [0.1, 0.15) is 5.56 Å². The topological polar surface area (TPSA) is 44.5 Å². The summed E-state index contributed by atoms with van der Waals surface area (Å²) >= 11 is 10.9. The van der Waals surface area contributed by atoms with E-state index in [1.807, 2.05) is 42.5 Å². The first-order chi connectivity index (χ1) is 10.1. The summed E-state index contributed by atoms with van der Waals surface area (Å²) in [5.41, 5.74) is 6.57. The molecule has 0 bridgehead atoms. The van der Waals surface area contributed by atoms with Crippen molar-refractivity contribution in [2.75, 3.05) is 13.2 Å². The SMILES string of the molecule is NC(=S)Cc1ccc(OCCOc2ccccc2Cl)cc1. The van der Waals surface area contributed by atoms with Crippen molar-refractivity contribution < 1.29 is 9.47 Å². The van der Waals surface area contributed by atoms with Gasteiger partial charge in [0, 0.05) is 6.42 Å². The van der Waals surface area contributed by atoms with E-state index >= 15 is 0 Å². The average molecular weight is 322 g/mol. The highest BCUT2D eigenvalue weighted by molar-refractivity contribution is 7.80. The lowest BCUT2D eigenvalue weighted by Gasteiger charge is -2.09. The highest BCUT2D eigenvalue weighted by Crippen LogP contribution is 2.22. The standard InChI is InChI=1S/C16H16ClNO2S/c17-14-3-1-2-4-15(14)20-10-9-19-13-7-5-12(6-8-13)11-16(18)21/h1-8H,9-11H2,(H2,18,21). The summed E-state index contributed by atoms with van der Waals surface area (Å²) in [6.07, 6.45) is 0.602. The summed E-state index contributed by atoms with van der Waals surface area (Å²) in [5, 5.41) is 0.597. The van der Waals surface area contributed by atoms with Gasteiger partial charge in [0.15, 0.2) is 0 Å². The van der Waals surface area contributed by atoms with Crippen molar-refractivity contribution >= 4 is 28.8 Å². The molecular formula is C16H16ClNO2S. The quantitative estimate of drug-likeness (QED) is 0.625. The molecule has 2 aromatic rings. The first-order valence-electron chi connectivity index (χ1n) is 6.52. The fourth-order valence-electron chi connectivity index (χ4n) is 1.78. The van der Waals surface area contributed by atoms with E-state index in [9.17, 15) is 0 Å². The third-order valence-corrected chi connectivity index (χ3v) is 3.20. The van der Waals surface area contributed by atoms with Crippen LogP contribution in [0.25, 0.3) is 0 Å². The van der Waals surface area contributed by atoms with Crippen molar-refractivity contribution in [3.05, 3.63) is 59.1 Å². The Morgan fingerprint density at radius 2 is 1.67 bits per heavy atom. The molecule has 0 radical (unpaired) electrons. The van der Waals surface area contributed by atoms with Crippen LogP contribution in [0.3, 0.4) is 0 Å². The lowest BCUT2D eigenvalue weighted by molar-refractivity contribution is 0.217. The van der Waals surface area contributed by atoms with Gasteiger partial charge in [-0.05, 0) is 29.8 Å². The molecular weight excluding hydrogens is 306 g/mol. The summed E-state index contributed by atoms with van der Waals surface area (Å²) in [6.45, 7) is 0.873. The Morgan fingerprint density at radius 3 is 2.33 bits per heavy atom. The Morgan fingerprint density at radius 1 is 1.00 bits per heavy atom. The van der Waals surface area contributed by atoms with Gasteiger partial charge in [-0.1, -0.05) is 48.1 Å². The predicted molar refractivity (Wildman–Crippen MR) is 89.4 cm³/mol. The first-order valence-corrected chi connectivity index (χ1v) is 7.31. The number of thiocarbonyl (C=S) groups is 1. The first kappa shape index (κ1) is 15.6. The van der Waals surface area contributed by atoms with E-state index in [1.165, 1.54) is 0 Å². The third-order valence-electron chi connectivity index (χ3n) is 2.75. The zero-order chi connectivity index (χ0) is 15.1. The van der Waals surface area contributed by atoms with Crippen molar-refractivity contribution in [2.45, 2.75) is 6.42 Å². The molecule has 2 rings (SSSR count). The monoisotopic (exact) mass is 321 g/mol. The maximum Gasteiger partial charge on any atom is 0.138 e. The lowest BCUT2D eigenvalue weighted by atomic mass is 10.1. The lowest BCUT2D eigenvalue weighted by Crippen LogP contribution is -2.11. The van der Waals surface area contributed by atoms with Gasteiger partial charge in [-0.25, -0.2) is 0 Å². The van der Waals surface area contributed by atoms with E-state index in [0.717, 1.165) is 11.3 Å². The van der Waals surface area contributed by atoms with Crippen molar-refractivity contribution in [2.24, 2.45) is 5.73 Å². The number of para-hydroxylation sites is 1. The minimum Gasteiger partial charge on any atom is -0.490 e. The molecule has 3 nitrogen and oxygen atoms in total. The van der Waals surface area contributed by atoms with E-state index in [1.54, 1.807) is 6.07 Å². The molecule has 21 heavy (non-hydrogen) atoms. The fraction of sp³-hybridized carbons (Fsp3) is 0.188. The van der Waals surface area contributed by atoms with E-state index in [4.69, 9.17) is 39.0 Å². The van der Waals surface area contributed by atoms with Crippen LogP contribution in [0.4, 0.5) is 0 Å². The number of halogens is 1. The predicted octanol–water partition coefficient (Wildman–Crippen LogP) is 3.63. The van der Waals surface area contributed by atoms with E-state index in [2.05, 4.69) is 0 Å².